The second-order valence-corrected chi connectivity index (χ2v) is 3.61. The normalized spacial score (nSPS) is 10.1. The van der Waals surface area contributed by atoms with Crippen LogP contribution in [0.1, 0.15) is 16.1 Å². The lowest BCUT2D eigenvalue weighted by atomic mass is 10.2. The summed E-state index contributed by atoms with van der Waals surface area (Å²) in [6.07, 6.45) is 1.57. The Hall–Kier alpha value is -2.43. The molecule has 0 atom stereocenters. The van der Waals surface area contributed by atoms with E-state index in [4.69, 9.17) is 9.84 Å². The highest BCUT2D eigenvalue weighted by molar-refractivity contribution is 5.91. The Labute approximate surface area is 103 Å². The molecule has 0 saturated carbocycles. The largest absolute Gasteiger partial charge is 0.478 e. The van der Waals surface area contributed by atoms with Gasteiger partial charge in [0.05, 0.1) is 5.69 Å². The van der Waals surface area contributed by atoms with Crippen molar-refractivity contribution in [2.75, 3.05) is 0 Å². The molecule has 0 amide bonds. The minimum atomic E-state index is -1.24. The average molecular weight is 247 g/mol. The van der Waals surface area contributed by atoms with Gasteiger partial charge in [0.1, 0.15) is 11.3 Å². The number of carbonyl (C=O) groups is 1. The van der Waals surface area contributed by atoms with Crippen molar-refractivity contribution in [2.45, 2.75) is 6.92 Å². The van der Waals surface area contributed by atoms with Gasteiger partial charge in [0.15, 0.2) is 11.6 Å². The summed E-state index contributed by atoms with van der Waals surface area (Å²) in [6.45, 7) is 1.69. The van der Waals surface area contributed by atoms with E-state index < -0.39 is 11.8 Å². The van der Waals surface area contributed by atoms with Crippen molar-refractivity contribution in [1.82, 2.24) is 4.98 Å². The van der Waals surface area contributed by atoms with Crippen LogP contribution >= 0.6 is 0 Å². The van der Waals surface area contributed by atoms with Gasteiger partial charge in [-0.2, -0.15) is 0 Å². The molecular formula is C13H10FNO3. The lowest BCUT2D eigenvalue weighted by Gasteiger charge is -2.10. The molecule has 1 aromatic heterocycles. The third-order valence-electron chi connectivity index (χ3n) is 2.37. The maximum Gasteiger partial charge on any atom is 0.339 e. The van der Waals surface area contributed by atoms with Crippen LogP contribution in [0.5, 0.6) is 11.5 Å². The number of para-hydroxylation sites is 1. The van der Waals surface area contributed by atoms with Crippen LogP contribution in [0.15, 0.2) is 36.5 Å². The van der Waals surface area contributed by atoms with E-state index in [-0.39, 0.29) is 11.3 Å². The van der Waals surface area contributed by atoms with Gasteiger partial charge in [0.25, 0.3) is 0 Å². The van der Waals surface area contributed by atoms with Gasteiger partial charge in [-0.05, 0) is 31.2 Å². The fourth-order valence-corrected chi connectivity index (χ4v) is 1.47. The fraction of sp³-hybridized carbons (Fsp3) is 0.0769. The Kier molecular flexibility index (Phi) is 3.23. The molecule has 0 unspecified atom stereocenters. The van der Waals surface area contributed by atoms with Gasteiger partial charge in [-0.15, -0.1) is 0 Å². The zero-order valence-corrected chi connectivity index (χ0v) is 9.55. The van der Waals surface area contributed by atoms with Crippen molar-refractivity contribution < 1.29 is 19.0 Å². The summed E-state index contributed by atoms with van der Waals surface area (Å²) in [5, 5.41) is 8.98. The van der Waals surface area contributed by atoms with E-state index in [0.29, 0.717) is 11.4 Å². The zero-order chi connectivity index (χ0) is 13.1. The number of aromatic nitrogens is 1. The summed E-state index contributed by atoms with van der Waals surface area (Å²) < 4.78 is 18.9. The van der Waals surface area contributed by atoms with Crippen molar-refractivity contribution in [3.8, 4) is 11.5 Å². The van der Waals surface area contributed by atoms with E-state index in [2.05, 4.69) is 4.98 Å². The van der Waals surface area contributed by atoms with Crippen LogP contribution in [0.3, 0.4) is 0 Å². The van der Waals surface area contributed by atoms with Crippen molar-refractivity contribution in [1.29, 1.82) is 0 Å². The molecule has 1 N–H and O–H groups in total. The fourth-order valence-electron chi connectivity index (χ4n) is 1.47. The summed E-state index contributed by atoms with van der Waals surface area (Å²) in [5.41, 5.74) is 0.329. The molecule has 1 heterocycles. The maximum atomic E-state index is 13.6. The predicted molar refractivity (Wildman–Crippen MR) is 62.4 cm³/mol. The number of carboxylic acid groups (broad SMARTS) is 1. The highest BCUT2D eigenvalue weighted by Gasteiger charge is 2.17. The van der Waals surface area contributed by atoms with Crippen molar-refractivity contribution in [2.24, 2.45) is 0 Å². The minimum Gasteiger partial charge on any atom is -0.478 e. The smallest absolute Gasteiger partial charge is 0.339 e. The van der Waals surface area contributed by atoms with Crippen LogP contribution in [-0.4, -0.2) is 16.1 Å². The second kappa shape index (κ2) is 4.83. The molecule has 0 radical (unpaired) electrons. The van der Waals surface area contributed by atoms with E-state index in [1.807, 2.05) is 0 Å². The van der Waals surface area contributed by atoms with Crippen molar-refractivity contribution in [3.63, 3.8) is 0 Å². The van der Waals surface area contributed by atoms with Gasteiger partial charge >= 0.3 is 5.97 Å². The number of nitrogens with zero attached hydrogens (tertiary/aromatic N) is 1. The summed E-state index contributed by atoms with van der Waals surface area (Å²) in [4.78, 5) is 15.0. The first-order valence-electron chi connectivity index (χ1n) is 5.21. The average Bonchev–Trinajstić information content (AvgIpc) is 2.34. The van der Waals surface area contributed by atoms with Crippen LogP contribution in [0.2, 0.25) is 0 Å². The van der Waals surface area contributed by atoms with Gasteiger partial charge in [0.2, 0.25) is 0 Å². The summed E-state index contributed by atoms with van der Waals surface area (Å²) in [7, 11) is 0. The standard InChI is InChI=1S/C13H10FNO3/c1-8-11(6-3-7-15-8)18-12-9(13(16)17)4-2-5-10(12)14/h2-7H,1H3,(H,16,17). The van der Waals surface area contributed by atoms with Gasteiger partial charge in [-0.1, -0.05) is 6.07 Å². The first-order valence-corrected chi connectivity index (χ1v) is 5.21. The molecule has 0 aliphatic rings. The number of aryl methyl sites for hydroxylation is 1. The number of pyridine rings is 1. The zero-order valence-electron chi connectivity index (χ0n) is 9.55. The molecule has 4 nitrogen and oxygen atoms in total. The van der Waals surface area contributed by atoms with E-state index in [1.54, 1.807) is 25.3 Å². The Morgan fingerprint density at radius 3 is 2.78 bits per heavy atom. The number of ether oxygens (including phenoxy) is 1. The third kappa shape index (κ3) is 2.29. The topological polar surface area (TPSA) is 59.4 Å². The number of hydrogen-bond donors (Lipinski definition) is 1. The first kappa shape index (κ1) is 12.0. The monoisotopic (exact) mass is 247 g/mol. The Morgan fingerprint density at radius 2 is 2.11 bits per heavy atom. The molecule has 0 saturated heterocycles. The van der Waals surface area contributed by atoms with Crippen molar-refractivity contribution in [3.05, 3.63) is 53.6 Å². The Morgan fingerprint density at radius 1 is 1.33 bits per heavy atom. The van der Waals surface area contributed by atoms with E-state index >= 15 is 0 Å². The maximum absolute atomic E-state index is 13.6. The van der Waals surface area contributed by atoms with Crippen molar-refractivity contribution >= 4 is 5.97 Å². The second-order valence-electron chi connectivity index (χ2n) is 3.61. The Balaban J connectivity index is 2.46. The molecule has 0 fully saturated rings. The lowest BCUT2D eigenvalue weighted by molar-refractivity contribution is 0.0693. The molecule has 1 aromatic carbocycles. The highest BCUT2D eigenvalue weighted by atomic mass is 19.1. The minimum absolute atomic E-state index is 0.224. The molecule has 5 heteroatoms. The number of halogens is 1. The van der Waals surface area contributed by atoms with Crippen LogP contribution in [0.4, 0.5) is 4.39 Å². The molecule has 2 aromatic rings. The lowest BCUT2D eigenvalue weighted by Crippen LogP contribution is -2.02. The van der Waals surface area contributed by atoms with Gasteiger partial charge in [-0.25, -0.2) is 9.18 Å². The quantitative estimate of drug-likeness (QED) is 0.905. The Bertz CT molecular complexity index is 599. The van der Waals surface area contributed by atoms with Crippen LogP contribution in [0.25, 0.3) is 0 Å². The van der Waals surface area contributed by atoms with E-state index in [9.17, 15) is 9.18 Å². The number of benzene rings is 1. The predicted octanol–water partition coefficient (Wildman–Crippen LogP) is 3.02. The van der Waals surface area contributed by atoms with Gasteiger partial charge in [0, 0.05) is 6.20 Å². The molecule has 0 spiro atoms. The molecule has 2 rings (SSSR count). The number of rotatable bonds is 3. The van der Waals surface area contributed by atoms with Gasteiger partial charge < -0.3 is 9.84 Å². The third-order valence-corrected chi connectivity index (χ3v) is 2.37. The van der Waals surface area contributed by atoms with Gasteiger partial charge in [-0.3, -0.25) is 4.98 Å². The van der Waals surface area contributed by atoms with E-state index in [0.717, 1.165) is 6.07 Å². The first-order chi connectivity index (χ1) is 8.59. The summed E-state index contributed by atoms with van der Waals surface area (Å²) in [5.74, 6) is -1.95. The molecule has 0 aliphatic heterocycles. The number of hydrogen-bond acceptors (Lipinski definition) is 3. The molecule has 92 valence electrons. The summed E-state index contributed by atoms with van der Waals surface area (Å²) in [6, 6.07) is 6.98. The SMILES string of the molecule is Cc1ncccc1Oc1c(F)cccc1C(=O)O. The molecule has 0 aliphatic carbocycles. The van der Waals surface area contributed by atoms with Crippen LogP contribution in [0, 0.1) is 12.7 Å². The molecule has 18 heavy (non-hydrogen) atoms. The van der Waals surface area contributed by atoms with Crippen LogP contribution in [-0.2, 0) is 0 Å². The summed E-state index contributed by atoms with van der Waals surface area (Å²) >= 11 is 0. The highest BCUT2D eigenvalue weighted by Crippen LogP contribution is 2.29. The van der Waals surface area contributed by atoms with E-state index in [1.165, 1.54) is 12.1 Å². The molecule has 0 bridgehead atoms. The molecular weight excluding hydrogens is 237 g/mol. The number of aromatic carboxylic acids is 1. The number of carboxylic acids is 1. The van der Waals surface area contributed by atoms with Crippen LogP contribution < -0.4 is 4.74 Å².